The molecule has 3 rings (SSSR count). The van der Waals surface area contributed by atoms with Gasteiger partial charge in [-0.25, -0.2) is 4.98 Å². The summed E-state index contributed by atoms with van der Waals surface area (Å²) >= 11 is 0. The maximum atomic E-state index is 5.39. The zero-order chi connectivity index (χ0) is 13.1. The summed E-state index contributed by atoms with van der Waals surface area (Å²) in [5.41, 5.74) is 1.72. The Labute approximate surface area is 112 Å². The summed E-state index contributed by atoms with van der Waals surface area (Å²) in [6.45, 7) is 2.97. The van der Waals surface area contributed by atoms with Crippen LogP contribution >= 0.6 is 0 Å². The molecule has 2 aromatic rings. The fourth-order valence-electron chi connectivity index (χ4n) is 2.39. The second-order valence-corrected chi connectivity index (χ2v) is 4.98. The minimum Gasteiger partial charge on any atom is -0.337 e. The van der Waals surface area contributed by atoms with E-state index in [2.05, 4.69) is 20.4 Å². The van der Waals surface area contributed by atoms with E-state index in [0.29, 0.717) is 11.7 Å². The molecule has 0 bridgehead atoms. The molecule has 5 nitrogen and oxygen atoms in total. The Morgan fingerprint density at radius 2 is 2.16 bits per heavy atom. The summed E-state index contributed by atoms with van der Waals surface area (Å²) in [5, 5.41) is 7.50. The van der Waals surface area contributed by atoms with Gasteiger partial charge in [0.2, 0.25) is 11.7 Å². The van der Waals surface area contributed by atoms with Crippen molar-refractivity contribution >= 4 is 0 Å². The lowest BCUT2D eigenvalue weighted by atomic mass is 10.1. The molecular formula is C14H18N4O. The molecule has 0 spiro atoms. The number of rotatable bonds is 2. The lowest BCUT2D eigenvalue weighted by Gasteiger charge is -2.09. The molecule has 19 heavy (non-hydrogen) atoms. The fourth-order valence-corrected chi connectivity index (χ4v) is 2.39. The Morgan fingerprint density at radius 3 is 3.05 bits per heavy atom. The van der Waals surface area contributed by atoms with Crippen LogP contribution in [-0.2, 0) is 0 Å². The molecule has 100 valence electrons. The Kier molecular flexibility index (Phi) is 3.55. The van der Waals surface area contributed by atoms with E-state index in [0.717, 1.165) is 24.4 Å². The van der Waals surface area contributed by atoms with Crippen molar-refractivity contribution in [2.24, 2.45) is 0 Å². The third-order valence-corrected chi connectivity index (χ3v) is 3.42. The molecule has 2 aromatic heterocycles. The maximum Gasteiger partial charge on any atom is 0.244 e. The minimum absolute atomic E-state index is 0.188. The van der Waals surface area contributed by atoms with Gasteiger partial charge in [-0.1, -0.05) is 24.1 Å². The van der Waals surface area contributed by atoms with E-state index in [9.17, 15) is 0 Å². The number of aryl methyl sites for hydroxylation is 1. The Bertz CT molecular complexity index is 544. The van der Waals surface area contributed by atoms with Crippen molar-refractivity contribution < 1.29 is 4.52 Å². The van der Waals surface area contributed by atoms with Crippen molar-refractivity contribution in [3.8, 4) is 11.5 Å². The summed E-state index contributed by atoms with van der Waals surface area (Å²) in [7, 11) is 0. The van der Waals surface area contributed by atoms with Crippen LogP contribution in [0.15, 0.2) is 22.7 Å². The molecule has 0 aliphatic carbocycles. The van der Waals surface area contributed by atoms with Crippen LogP contribution in [-0.4, -0.2) is 21.7 Å². The topological polar surface area (TPSA) is 63.8 Å². The Morgan fingerprint density at radius 1 is 1.21 bits per heavy atom. The Hall–Kier alpha value is -1.75. The number of aromatic nitrogens is 3. The number of hydrogen-bond donors (Lipinski definition) is 1. The molecular weight excluding hydrogens is 240 g/mol. The third kappa shape index (κ3) is 2.81. The van der Waals surface area contributed by atoms with Gasteiger partial charge in [0.1, 0.15) is 5.69 Å². The van der Waals surface area contributed by atoms with Crippen LogP contribution in [0.1, 0.15) is 43.3 Å². The molecule has 0 aromatic carbocycles. The van der Waals surface area contributed by atoms with Crippen LogP contribution in [0.2, 0.25) is 0 Å². The van der Waals surface area contributed by atoms with Gasteiger partial charge in [0, 0.05) is 5.69 Å². The van der Waals surface area contributed by atoms with Gasteiger partial charge in [-0.05, 0) is 38.4 Å². The first-order valence-corrected chi connectivity index (χ1v) is 6.84. The molecule has 1 N–H and O–H groups in total. The van der Waals surface area contributed by atoms with Crippen LogP contribution in [0, 0.1) is 6.92 Å². The van der Waals surface area contributed by atoms with Gasteiger partial charge in [0.05, 0.1) is 6.04 Å². The molecule has 3 heterocycles. The van der Waals surface area contributed by atoms with Crippen molar-refractivity contribution in [1.82, 2.24) is 20.4 Å². The minimum atomic E-state index is 0.188. The van der Waals surface area contributed by atoms with Crippen molar-refractivity contribution in [2.75, 3.05) is 6.54 Å². The summed E-state index contributed by atoms with van der Waals surface area (Å²) in [6.07, 6.45) is 4.75. The maximum absolute atomic E-state index is 5.39. The van der Waals surface area contributed by atoms with Crippen LogP contribution in [0.3, 0.4) is 0 Å². The number of hydrogen-bond acceptors (Lipinski definition) is 5. The number of pyridine rings is 1. The smallest absolute Gasteiger partial charge is 0.244 e. The second-order valence-electron chi connectivity index (χ2n) is 4.98. The van der Waals surface area contributed by atoms with Gasteiger partial charge in [0.15, 0.2) is 0 Å². The molecule has 1 aliphatic rings. The van der Waals surface area contributed by atoms with Gasteiger partial charge in [-0.15, -0.1) is 0 Å². The SMILES string of the molecule is Cc1cccc(-c2noc(C3CCCCCN3)n2)n1. The van der Waals surface area contributed by atoms with Gasteiger partial charge in [0.25, 0.3) is 0 Å². The highest BCUT2D eigenvalue weighted by molar-refractivity contribution is 5.48. The van der Waals surface area contributed by atoms with Crippen molar-refractivity contribution in [3.63, 3.8) is 0 Å². The zero-order valence-electron chi connectivity index (χ0n) is 11.1. The van der Waals surface area contributed by atoms with E-state index in [-0.39, 0.29) is 6.04 Å². The molecule has 1 unspecified atom stereocenters. The van der Waals surface area contributed by atoms with Gasteiger partial charge < -0.3 is 9.84 Å². The van der Waals surface area contributed by atoms with E-state index in [1.54, 1.807) is 0 Å². The Balaban J connectivity index is 1.82. The highest BCUT2D eigenvalue weighted by Crippen LogP contribution is 2.23. The van der Waals surface area contributed by atoms with E-state index >= 15 is 0 Å². The second kappa shape index (κ2) is 5.48. The average molecular weight is 258 g/mol. The fraction of sp³-hybridized carbons (Fsp3) is 0.500. The van der Waals surface area contributed by atoms with Gasteiger partial charge >= 0.3 is 0 Å². The van der Waals surface area contributed by atoms with Crippen molar-refractivity contribution in [1.29, 1.82) is 0 Å². The molecule has 1 saturated heterocycles. The van der Waals surface area contributed by atoms with E-state index in [1.165, 1.54) is 19.3 Å². The molecule has 5 heteroatoms. The quantitative estimate of drug-likeness (QED) is 0.897. The normalized spacial score (nSPS) is 20.2. The highest BCUT2D eigenvalue weighted by atomic mass is 16.5. The van der Waals surface area contributed by atoms with Crippen LogP contribution in [0.4, 0.5) is 0 Å². The molecule has 0 amide bonds. The average Bonchev–Trinajstić information content (AvgIpc) is 2.75. The predicted octanol–water partition coefficient (Wildman–Crippen LogP) is 2.64. The highest BCUT2D eigenvalue weighted by Gasteiger charge is 2.20. The molecule has 1 atom stereocenters. The monoisotopic (exact) mass is 258 g/mol. The molecule has 0 saturated carbocycles. The van der Waals surface area contributed by atoms with E-state index < -0.39 is 0 Å². The van der Waals surface area contributed by atoms with Crippen molar-refractivity contribution in [3.05, 3.63) is 29.8 Å². The van der Waals surface area contributed by atoms with E-state index in [1.807, 2.05) is 25.1 Å². The largest absolute Gasteiger partial charge is 0.337 e. The first-order chi connectivity index (χ1) is 9.33. The predicted molar refractivity (Wildman–Crippen MR) is 71.5 cm³/mol. The van der Waals surface area contributed by atoms with Crippen LogP contribution in [0.25, 0.3) is 11.5 Å². The van der Waals surface area contributed by atoms with E-state index in [4.69, 9.17) is 4.52 Å². The summed E-state index contributed by atoms with van der Waals surface area (Å²) in [4.78, 5) is 8.90. The summed E-state index contributed by atoms with van der Waals surface area (Å²) < 4.78 is 5.39. The first kappa shape index (κ1) is 12.3. The van der Waals surface area contributed by atoms with Gasteiger partial charge in [-0.3, -0.25) is 0 Å². The number of nitrogens with one attached hydrogen (secondary N) is 1. The van der Waals surface area contributed by atoms with Crippen LogP contribution < -0.4 is 5.32 Å². The standard InChI is InChI=1S/C14H18N4O/c1-10-6-5-8-11(16-10)13-17-14(19-18-13)12-7-3-2-4-9-15-12/h5-6,8,12,15H,2-4,7,9H2,1H3. The lowest BCUT2D eigenvalue weighted by molar-refractivity contribution is 0.327. The van der Waals surface area contributed by atoms with Crippen molar-refractivity contribution in [2.45, 2.75) is 38.6 Å². The molecule has 0 radical (unpaired) electrons. The first-order valence-electron chi connectivity index (χ1n) is 6.84. The third-order valence-electron chi connectivity index (χ3n) is 3.42. The van der Waals surface area contributed by atoms with Gasteiger partial charge in [-0.2, -0.15) is 4.98 Å². The molecule has 1 aliphatic heterocycles. The zero-order valence-corrected chi connectivity index (χ0v) is 11.1. The summed E-state index contributed by atoms with van der Waals surface area (Å²) in [6, 6.07) is 6.01. The molecule has 1 fully saturated rings. The van der Waals surface area contributed by atoms with Crippen LogP contribution in [0.5, 0.6) is 0 Å². The lowest BCUT2D eigenvalue weighted by Crippen LogP contribution is -2.20. The summed E-state index contributed by atoms with van der Waals surface area (Å²) in [5.74, 6) is 1.25. The number of nitrogens with zero attached hydrogens (tertiary/aromatic N) is 3.